The third-order valence-corrected chi connectivity index (χ3v) is 3.32. The fourth-order valence-electron chi connectivity index (χ4n) is 2.55. The molecule has 1 aromatic heterocycles. The first kappa shape index (κ1) is 8.91. The lowest BCUT2D eigenvalue weighted by Crippen LogP contribution is -2.39. The molecule has 2 unspecified atom stereocenters. The minimum absolute atomic E-state index is 0.0730. The number of oxazole rings is 1. The normalized spacial score (nSPS) is 29.5. The Hall–Kier alpha value is -1.36. The Kier molecular flexibility index (Phi) is 1.98. The number of rotatable bonds is 1. The van der Waals surface area contributed by atoms with Crippen LogP contribution in [0.25, 0.3) is 0 Å². The van der Waals surface area contributed by atoms with Crippen LogP contribution in [-0.4, -0.2) is 41.5 Å². The van der Waals surface area contributed by atoms with Crippen LogP contribution in [0.4, 0.5) is 0 Å². The third kappa shape index (κ3) is 1.34. The van der Waals surface area contributed by atoms with E-state index in [9.17, 15) is 4.79 Å². The van der Waals surface area contributed by atoms with Gasteiger partial charge in [0.15, 0.2) is 0 Å². The Labute approximate surface area is 87.5 Å². The predicted molar refractivity (Wildman–Crippen MR) is 52.3 cm³/mol. The molecule has 2 saturated heterocycles. The van der Waals surface area contributed by atoms with E-state index < -0.39 is 0 Å². The van der Waals surface area contributed by atoms with Crippen molar-refractivity contribution < 1.29 is 9.21 Å². The van der Waals surface area contributed by atoms with Gasteiger partial charge in [0, 0.05) is 25.7 Å². The highest BCUT2D eigenvalue weighted by atomic mass is 16.4. The van der Waals surface area contributed by atoms with Gasteiger partial charge in [-0.1, -0.05) is 0 Å². The molecule has 80 valence electrons. The number of aromatic nitrogens is 1. The fourth-order valence-corrected chi connectivity index (χ4v) is 2.55. The van der Waals surface area contributed by atoms with E-state index in [0.717, 1.165) is 26.1 Å². The van der Waals surface area contributed by atoms with Crippen molar-refractivity contribution >= 4 is 5.91 Å². The van der Waals surface area contributed by atoms with Crippen molar-refractivity contribution in [1.29, 1.82) is 0 Å². The zero-order valence-electron chi connectivity index (χ0n) is 8.35. The summed E-state index contributed by atoms with van der Waals surface area (Å²) in [6.45, 7) is 2.76. The molecule has 15 heavy (non-hydrogen) atoms. The Morgan fingerprint density at radius 2 is 2.53 bits per heavy atom. The van der Waals surface area contributed by atoms with Gasteiger partial charge >= 0.3 is 5.91 Å². The first-order valence-electron chi connectivity index (χ1n) is 5.27. The summed E-state index contributed by atoms with van der Waals surface area (Å²) in [5.41, 5.74) is 0. The highest BCUT2D eigenvalue weighted by Gasteiger charge is 2.41. The molecule has 1 amide bonds. The van der Waals surface area contributed by atoms with Crippen molar-refractivity contribution in [3.8, 4) is 0 Å². The number of nitrogens with zero attached hydrogens (tertiary/aromatic N) is 2. The van der Waals surface area contributed by atoms with Crippen LogP contribution in [0.15, 0.2) is 16.9 Å². The van der Waals surface area contributed by atoms with Crippen LogP contribution in [0.1, 0.15) is 17.1 Å². The molecule has 0 aromatic carbocycles. The van der Waals surface area contributed by atoms with Crippen molar-refractivity contribution in [2.45, 2.75) is 12.5 Å². The summed E-state index contributed by atoms with van der Waals surface area (Å²) < 4.78 is 5.03. The lowest BCUT2D eigenvalue weighted by atomic mass is 10.1. The van der Waals surface area contributed by atoms with E-state index >= 15 is 0 Å². The zero-order chi connectivity index (χ0) is 10.3. The van der Waals surface area contributed by atoms with Gasteiger partial charge in [0.2, 0.25) is 0 Å². The predicted octanol–water partition coefficient (Wildman–Crippen LogP) is 0.108. The van der Waals surface area contributed by atoms with Crippen molar-refractivity contribution in [1.82, 2.24) is 15.2 Å². The molecule has 2 fully saturated rings. The number of fused-ring (bicyclic) bond motifs is 1. The van der Waals surface area contributed by atoms with Crippen LogP contribution in [-0.2, 0) is 0 Å². The first-order valence-corrected chi connectivity index (χ1v) is 5.27. The quantitative estimate of drug-likeness (QED) is 0.710. The van der Waals surface area contributed by atoms with E-state index in [-0.39, 0.29) is 11.8 Å². The largest absolute Gasteiger partial charge is 0.441 e. The molecule has 1 aromatic rings. The number of amides is 1. The second-order valence-corrected chi connectivity index (χ2v) is 4.11. The summed E-state index contributed by atoms with van der Waals surface area (Å²) in [5, 5.41) is 3.31. The smallest absolute Gasteiger partial charge is 0.310 e. The van der Waals surface area contributed by atoms with Gasteiger partial charge in [-0.25, -0.2) is 4.98 Å². The second-order valence-electron chi connectivity index (χ2n) is 4.11. The van der Waals surface area contributed by atoms with Crippen molar-refractivity contribution in [2.24, 2.45) is 5.92 Å². The number of carbonyl (C=O) groups excluding carboxylic acids is 1. The number of hydrogen-bond donors (Lipinski definition) is 1. The van der Waals surface area contributed by atoms with Gasteiger partial charge in [0.05, 0.1) is 6.20 Å². The van der Waals surface area contributed by atoms with Gasteiger partial charge < -0.3 is 14.6 Å². The molecule has 2 aliphatic heterocycles. The third-order valence-electron chi connectivity index (χ3n) is 3.32. The molecular formula is C10H13N3O2. The Morgan fingerprint density at radius 3 is 3.33 bits per heavy atom. The average molecular weight is 207 g/mol. The maximum atomic E-state index is 12.0. The standard InChI is InChI=1S/C10H13N3O2/c14-10(9-12-2-4-15-9)13-3-1-7-5-11-6-8(7)13/h2,4,7-8,11H,1,3,5-6H2. The van der Waals surface area contributed by atoms with Crippen LogP contribution in [0.2, 0.25) is 0 Å². The molecule has 3 rings (SSSR count). The number of carbonyl (C=O) groups is 1. The van der Waals surface area contributed by atoms with Crippen molar-refractivity contribution in [3.63, 3.8) is 0 Å². The average Bonchev–Trinajstić information content (AvgIpc) is 2.94. The van der Waals surface area contributed by atoms with Crippen LogP contribution >= 0.6 is 0 Å². The van der Waals surface area contributed by atoms with Gasteiger partial charge in [-0.3, -0.25) is 4.79 Å². The van der Waals surface area contributed by atoms with E-state index in [2.05, 4.69) is 10.3 Å². The van der Waals surface area contributed by atoms with E-state index in [1.54, 1.807) is 0 Å². The fraction of sp³-hybridized carbons (Fsp3) is 0.600. The van der Waals surface area contributed by atoms with E-state index in [0.29, 0.717) is 12.0 Å². The zero-order valence-corrected chi connectivity index (χ0v) is 8.35. The molecule has 0 radical (unpaired) electrons. The summed E-state index contributed by atoms with van der Waals surface area (Å²) >= 11 is 0. The lowest BCUT2D eigenvalue weighted by Gasteiger charge is -2.21. The lowest BCUT2D eigenvalue weighted by molar-refractivity contribution is 0.0696. The first-order chi connectivity index (χ1) is 7.36. The summed E-state index contributed by atoms with van der Waals surface area (Å²) in [6, 6.07) is 0.337. The molecule has 5 nitrogen and oxygen atoms in total. The molecule has 2 aliphatic rings. The molecule has 5 heteroatoms. The number of hydrogen-bond acceptors (Lipinski definition) is 4. The molecule has 0 bridgehead atoms. The van der Waals surface area contributed by atoms with Gasteiger partial charge in [-0.15, -0.1) is 0 Å². The van der Waals surface area contributed by atoms with Crippen LogP contribution in [0.5, 0.6) is 0 Å². The summed E-state index contributed by atoms with van der Waals surface area (Å²) in [6.07, 6.45) is 4.03. The SMILES string of the molecule is O=C(c1ncco1)N1CCC2CNCC21. The highest BCUT2D eigenvalue weighted by molar-refractivity contribution is 5.90. The summed E-state index contributed by atoms with van der Waals surface area (Å²) in [7, 11) is 0. The van der Waals surface area contributed by atoms with Crippen molar-refractivity contribution in [2.75, 3.05) is 19.6 Å². The van der Waals surface area contributed by atoms with Crippen LogP contribution in [0.3, 0.4) is 0 Å². The molecule has 0 aliphatic carbocycles. The maximum Gasteiger partial charge on any atom is 0.310 e. The van der Waals surface area contributed by atoms with Gasteiger partial charge in [0.25, 0.3) is 5.89 Å². The topological polar surface area (TPSA) is 58.4 Å². The van der Waals surface area contributed by atoms with Crippen molar-refractivity contribution in [3.05, 3.63) is 18.4 Å². The van der Waals surface area contributed by atoms with Gasteiger partial charge in [0.1, 0.15) is 6.26 Å². The van der Waals surface area contributed by atoms with E-state index in [1.165, 1.54) is 12.5 Å². The highest BCUT2D eigenvalue weighted by Crippen LogP contribution is 2.28. The van der Waals surface area contributed by atoms with Gasteiger partial charge in [-0.2, -0.15) is 0 Å². The molecule has 3 heterocycles. The monoisotopic (exact) mass is 207 g/mol. The molecule has 1 N–H and O–H groups in total. The second kappa shape index (κ2) is 3.34. The Bertz CT molecular complexity index is 363. The Morgan fingerprint density at radius 1 is 1.60 bits per heavy atom. The van der Waals surface area contributed by atoms with E-state index in [4.69, 9.17) is 4.42 Å². The number of likely N-dealkylation sites (tertiary alicyclic amines) is 1. The molecular weight excluding hydrogens is 194 g/mol. The minimum Gasteiger partial charge on any atom is -0.441 e. The minimum atomic E-state index is -0.0730. The summed E-state index contributed by atoms with van der Waals surface area (Å²) in [4.78, 5) is 17.8. The number of nitrogens with one attached hydrogen (secondary N) is 1. The molecule has 2 atom stereocenters. The molecule has 0 saturated carbocycles. The molecule has 0 spiro atoms. The maximum absolute atomic E-state index is 12.0. The van der Waals surface area contributed by atoms with Crippen LogP contribution < -0.4 is 5.32 Å². The Balaban J connectivity index is 1.80. The van der Waals surface area contributed by atoms with Crippen LogP contribution in [0, 0.1) is 5.92 Å². The van der Waals surface area contributed by atoms with Gasteiger partial charge in [-0.05, 0) is 12.3 Å². The summed E-state index contributed by atoms with van der Waals surface area (Å²) in [5.74, 6) is 0.752. The van der Waals surface area contributed by atoms with E-state index in [1.807, 2.05) is 4.90 Å².